The van der Waals surface area contributed by atoms with Crippen LogP contribution in [0.5, 0.6) is 0 Å². The molecular formula is C14H17ClN2OS. The zero-order chi connectivity index (χ0) is 14.0. The molecule has 1 unspecified atom stereocenters. The second-order valence-electron chi connectivity index (χ2n) is 4.96. The Balaban J connectivity index is 2.14. The Morgan fingerprint density at radius 2 is 2.26 bits per heavy atom. The first-order valence-electron chi connectivity index (χ1n) is 6.34. The summed E-state index contributed by atoms with van der Waals surface area (Å²) >= 11 is 11.0. The van der Waals surface area contributed by atoms with Crippen LogP contribution in [-0.4, -0.2) is 28.9 Å². The molecule has 0 bridgehead atoms. The number of nitrogens with zero attached hydrogens (tertiary/aromatic N) is 1. The van der Waals surface area contributed by atoms with E-state index in [0.717, 1.165) is 24.9 Å². The van der Waals surface area contributed by atoms with Crippen LogP contribution in [0.25, 0.3) is 0 Å². The minimum atomic E-state index is 0.0284. The fourth-order valence-corrected chi connectivity index (χ4v) is 2.66. The minimum Gasteiger partial charge on any atom is -0.393 e. The van der Waals surface area contributed by atoms with Gasteiger partial charge >= 0.3 is 0 Å². The third-order valence-electron chi connectivity index (χ3n) is 3.52. The Labute approximate surface area is 123 Å². The second kappa shape index (κ2) is 5.88. The first-order valence-corrected chi connectivity index (χ1v) is 7.12. The van der Waals surface area contributed by atoms with E-state index in [1.165, 1.54) is 0 Å². The van der Waals surface area contributed by atoms with Gasteiger partial charge in [0.15, 0.2) is 0 Å². The summed E-state index contributed by atoms with van der Waals surface area (Å²) in [5.74, 6) is 0.168. The second-order valence-corrected chi connectivity index (χ2v) is 5.84. The molecule has 0 aliphatic carbocycles. The average Bonchev–Trinajstić information content (AvgIpc) is 2.41. The van der Waals surface area contributed by atoms with Crippen LogP contribution < -0.4 is 5.73 Å². The molecule has 19 heavy (non-hydrogen) atoms. The van der Waals surface area contributed by atoms with Gasteiger partial charge in [0.05, 0.1) is 4.99 Å². The summed E-state index contributed by atoms with van der Waals surface area (Å²) in [7, 11) is 0. The number of hydrogen-bond acceptors (Lipinski definition) is 2. The predicted molar refractivity (Wildman–Crippen MR) is 81.6 cm³/mol. The molecule has 0 saturated carbocycles. The predicted octanol–water partition coefficient (Wildman–Crippen LogP) is 2.79. The lowest BCUT2D eigenvalue weighted by Gasteiger charge is -2.32. The van der Waals surface area contributed by atoms with E-state index in [9.17, 15) is 4.79 Å². The molecule has 1 atom stereocenters. The van der Waals surface area contributed by atoms with Crippen LogP contribution in [0.3, 0.4) is 0 Å². The van der Waals surface area contributed by atoms with Crippen LogP contribution in [0.1, 0.15) is 28.8 Å². The van der Waals surface area contributed by atoms with Crippen molar-refractivity contribution >= 4 is 34.7 Å². The van der Waals surface area contributed by atoms with E-state index in [1.807, 2.05) is 17.9 Å². The molecule has 1 aliphatic rings. The first kappa shape index (κ1) is 14.3. The number of benzene rings is 1. The number of nitrogens with two attached hydrogens (primary N) is 1. The summed E-state index contributed by atoms with van der Waals surface area (Å²) < 4.78 is 0. The molecule has 1 aromatic rings. The number of thiocarbonyl (C=S) groups is 1. The van der Waals surface area contributed by atoms with Crippen LogP contribution in [0, 0.1) is 12.8 Å². The molecule has 1 amide bonds. The smallest absolute Gasteiger partial charge is 0.253 e. The maximum absolute atomic E-state index is 12.4. The van der Waals surface area contributed by atoms with E-state index >= 15 is 0 Å². The van der Waals surface area contributed by atoms with Crippen molar-refractivity contribution in [3.63, 3.8) is 0 Å². The molecule has 1 heterocycles. The van der Waals surface area contributed by atoms with Crippen molar-refractivity contribution in [2.75, 3.05) is 13.1 Å². The molecule has 0 aromatic heterocycles. The molecule has 102 valence electrons. The van der Waals surface area contributed by atoms with Crippen molar-refractivity contribution in [1.29, 1.82) is 0 Å². The summed E-state index contributed by atoms with van der Waals surface area (Å²) in [5, 5.41) is 0.677. The average molecular weight is 297 g/mol. The number of piperidine rings is 1. The highest BCUT2D eigenvalue weighted by Crippen LogP contribution is 2.21. The van der Waals surface area contributed by atoms with E-state index in [-0.39, 0.29) is 11.8 Å². The van der Waals surface area contributed by atoms with E-state index < -0.39 is 0 Å². The van der Waals surface area contributed by atoms with Crippen LogP contribution >= 0.6 is 23.8 Å². The molecule has 0 radical (unpaired) electrons. The lowest BCUT2D eigenvalue weighted by molar-refractivity contribution is 0.0703. The van der Waals surface area contributed by atoms with Gasteiger partial charge in [0.2, 0.25) is 0 Å². The quantitative estimate of drug-likeness (QED) is 0.854. The van der Waals surface area contributed by atoms with Crippen molar-refractivity contribution in [2.24, 2.45) is 11.7 Å². The molecule has 2 rings (SSSR count). The van der Waals surface area contributed by atoms with Crippen molar-refractivity contribution in [2.45, 2.75) is 19.8 Å². The molecule has 1 fully saturated rings. The van der Waals surface area contributed by atoms with E-state index in [4.69, 9.17) is 29.6 Å². The Kier molecular flexibility index (Phi) is 4.42. The highest BCUT2D eigenvalue weighted by Gasteiger charge is 2.26. The normalized spacial score (nSPS) is 19.3. The Morgan fingerprint density at radius 3 is 2.89 bits per heavy atom. The summed E-state index contributed by atoms with van der Waals surface area (Å²) in [6.07, 6.45) is 1.92. The van der Waals surface area contributed by atoms with Crippen molar-refractivity contribution < 1.29 is 4.79 Å². The maximum atomic E-state index is 12.4. The standard InChI is InChI=1S/C14H17ClN2OS/c1-9-7-10(4-5-12(9)15)14(18)17-6-2-3-11(8-17)13(16)19/h4-5,7,11H,2-3,6,8H2,1H3,(H2,16,19). The van der Waals surface area contributed by atoms with Crippen molar-refractivity contribution in [1.82, 2.24) is 4.90 Å². The number of aryl methyl sites for hydroxylation is 1. The Hall–Kier alpha value is -1.13. The number of carbonyl (C=O) groups is 1. The third kappa shape index (κ3) is 3.25. The molecule has 3 nitrogen and oxygen atoms in total. The van der Waals surface area contributed by atoms with E-state index in [0.29, 0.717) is 22.1 Å². The number of hydrogen-bond donors (Lipinski definition) is 1. The SMILES string of the molecule is Cc1cc(C(=O)N2CCCC(C(N)=S)C2)ccc1Cl. The molecule has 5 heteroatoms. The van der Waals surface area contributed by atoms with E-state index in [1.54, 1.807) is 12.1 Å². The topological polar surface area (TPSA) is 46.3 Å². The zero-order valence-corrected chi connectivity index (χ0v) is 12.4. The lowest BCUT2D eigenvalue weighted by atomic mass is 9.97. The fourth-order valence-electron chi connectivity index (χ4n) is 2.35. The number of likely N-dealkylation sites (tertiary alicyclic amines) is 1. The Bertz CT molecular complexity index is 518. The number of halogens is 1. The van der Waals surface area contributed by atoms with Gasteiger partial charge in [-0.15, -0.1) is 0 Å². The van der Waals surface area contributed by atoms with Crippen LogP contribution in [0.15, 0.2) is 18.2 Å². The fraction of sp³-hybridized carbons (Fsp3) is 0.429. The van der Waals surface area contributed by atoms with Gasteiger partial charge < -0.3 is 10.6 Å². The van der Waals surface area contributed by atoms with Crippen LogP contribution in [0.2, 0.25) is 5.02 Å². The molecule has 1 saturated heterocycles. The van der Waals surface area contributed by atoms with Gasteiger partial charge in [0.25, 0.3) is 5.91 Å². The number of carbonyl (C=O) groups excluding carboxylic acids is 1. The summed E-state index contributed by atoms with van der Waals surface area (Å²) in [6, 6.07) is 5.36. The van der Waals surface area contributed by atoms with Gasteiger partial charge in [-0.2, -0.15) is 0 Å². The molecular weight excluding hydrogens is 280 g/mol. The monoisotopic (exact) mass is 296 g/mol. The van der Waals surface area contributed by atoms with Crippen molar-refractivity contribution in [3.05, 3.63) is 34.3 Å². The zero-order valence-electron chi connectivity index (χ0n) is 10.9. The summed E-state index contributed by atoms with van der Waals surface area (Å²) in [5.41, 5.74) is 7.27. The van der Waals surface area contributed by atoms with Gasteiger partial charge in [-0.05, 0) is 43.5 Å². The first-order chi connectivity index (χ1) is 8.99. The summed E-state index contributed by atoms with van der Waals surface area (Å²) in [6.45, 7) is 3.28. The number of rotatable bonds is 2. The molecule has 0 spiro atoms. The third-order valence-corrected chi connectivity index (χ3v) is 4.27. The van der Waals surface area contributed by atoms with Gasteiger partial charge in [0, 0.05) is 29.6 Å². The van der Waals surface area contributed by atoms with Crippen LogP contribution in [0.4, 0.5) is 0 Å². The van der Waals surface area contributed by atoms with Gasteiger partial charge in [0.1, 0.15) is 0 Å². The largest absolute Gasteiger partial charge is 0.393 e. The van der Waals surface area contributed by atoms with Gasteiger partial charge in [-0.1, -0.05) is 23.8 Å². The molecule has 1 aromatic carbocycles. The van der Waals surface area contributed by atoms with Crippen LogP contribution in [-0.2, 0) is 0 Å². The Morgan fingerprint density at radius 1 is 1.53 bits per heavy atom. The highest BCUT2D eigenvalue weighted by atomic mass is 35.5. The number of amides is 1. The highest BCUT2D eigenvalue weighted by molar-refractivity contribution is 7.80. The van der Waals surface area contributed by atoms with E-state index in [2.05, 4.69) is 0 Å². The van der Waals surface area contributed by atoms with Gasteiger partial charge in [-0.3, -0.25) is 4.79 Å². The molecule has 1 aliphatic heterocycles. The maximum Gasteiger partial charge on any atom is 0.253 e. The molecule has 2 N–H and O–H groups in total. The minimum absolute atomic E-state index is 0.0284. The lowest BCUT2D eigenvalue weighted by Crippen LogP contribution is -2.43. The summed E-state index contributed by atoms with van der Waals surface area (Å²) in [4.78, 5) is 14.8. The van der Waals surface area contributed by atoms with Crippen molar-refractivity contribution in [3.8, 4) is 0 Å². The van der Waals surface area contributed by atoms with Gasteiger partial charge in [-0.25, -0.2) is 0 Å².